The molecule has 0 aliphatic carbocycles. The number of nitrogen functional groups attached to an aromatic ring is 1. The lowest BCUT2D eigenvalue weighted by Gasteiger charge is -2.05. The van der Waals surface area contributed by atoms with Gasteiger partial charge in [-0.2, -0.15) is 0 Å². The molecule has 14 heavy (non-hydrogen) atoms. The number of halogens is 1. The quantitative estimate of drug-likeness (QED) is 0.429. The van der Waals surface area contributed by atoms with Gasteiger partial charge in [0.05, 0.1) is 6.61 Å². The van der Waals surface area contributed by atoms with E-state index in [0.717, 1.165) is 6.07 Å². The van der Waals surface area contributed by atoms with Crippen LogP contribution >= 0.6 is 0 Å². The Morgan fingerprint density at radius 3 is 2.86 bits per heavy atom. The predicted octanol–water partition coefficient (Wildman–Crippen LogP) is 0.828. The van der Waals surface area contributed by atoms with Gasteiger partial charge in [0, 0.05) is 5.56 Å². The molecule has 1 aromatic carbocycles. The Morgan fingerprint density at radius 1 is 1.64 bits per heavy atom. The number of nitrogens with two attached hydrogens (primary N) is 1. The third kappa shape index (κ3) is 2.20. The lowest BCUT2D eigenvalue weighted by atomic mass is 10.2. The zero-order valence-corrected chi connectivity index (χ0v) is 7.71. The minimum atomic E-state index is -0.576. The second kappa shape index (κ2) is 4.57. The Labute approximate surface area is 80.8 Å². The second-order valence-corrected chi connectivity index (χ2v) is 2.55. The van der Waals surface area contributed by atoms with Gasteiger partial charge in [0.1, 0.15) is 0 Å². The van der Waals surface area contributed by atoms with E-state index in [1.165, 1.54) is 12.1 Å². The van der Waals surface area contributed by atoms with Crippen LogP contribution in [0.1, 0.15) is 17.3 Å². The smallest absolute Gasteiger partial charge is 0.265 e. The molecule has 76 valence electrons. The van der Waals surface area contributed by atoms with Gasteiger partial charge >= 0.3 is 0 Å². The molecule has 0 atom stereocenters. The maximum Gasteiger partial charge on any atom is 0.265 e. The Kier molecular flexibility index (Phi) is 3.41. The van der Waals surface area contributed by atoms with Gasteiger partial charge in [-0.25, -0.2) is 10.2 Å². The number of nitrogens with one attached hydrogen (secondary N) is 1. The van der Waals surface area contributed by atoms with Crippen molar-refractivity contribution < 1.29 is 13.9 Å². The van der Waals surface area contributed by atoms with Crippen LogP contribution in [0.15, 0.2) is 18.2 Å². The third-order valence-electron chi connectivity index (χ3n) is 1.63. The van der Waals surface area contributed by atoms with E-state index >= 15 is 0 Å². The lowest BCUT2D eigenvalue weighted by molar-refractivity contribution is 0.0953. The van der Waals surface area contributed by atoms with E-state index in [1.54, 1.807) is 6.92 Å². The first kappa shape index (κ1) is 10.5. The Morgan fingerprint density at radius 2 is 2.36 bits per heavy atom. The molecule has 0 saturated heterocycles. The van der Waals surface area contributed by atoms with Gasteiger partial charge in [-0.15, -0.1) is 0 Å². The van der Waals surface area contributed by atoms with Crippen LogP contribution in [0.3, 0.4) is 0 Å². The van der Waals surface area contributed by atoms with E-state index in [0.29, 0.717) is 6.61 Å². The number of hydrogen-bond acceptors (Lipinski definition) is 3. The van der Waals surface area contributed by atoms with Crippen molar-refractivity contribution in [3.63, 3.8) is 0 Å². The summed E-state index contributed by atoms with van der Waals surface area (Å²) in [4.78, 5) is 11.0. The van der Waals surface area contributed by atoms with Gasteiger partial charge in [0.2, 0.25) is 0 Å². The zero-order chi connectivity index (χ0) is 10.6. The fourth-order valence-electron chi connectivity index (χ4n) is 0.998. The number of carbonyl (C=O) groups is 1. The molecule has 0 aliphatic heterocycles. The molecule has 3 N–H and O–H groups in total. The topological polar surface area (TPSA) is 64.3 Å². The van der Waals surface area contributed by atoms with E-state index in [4.69, 9.17) is 10.6 Å². The fraction of sp³-hybridized carbons (Fsp3) is 0.222. The summed E-state index contributed by atoms with van der Waals surface area (Å²) in [5.41, 5.74) is 2.07. The highest BCUT2D eigenvalue weighted by molar-refractivity contribution is 5.93. The first-order valence-corrected chi connectivity index (χ1v) is 4.12. The summed E-state index contributed by atoms with van der Waals surface area (Å²) in [6.45, 7) is 2.12. The number of benzene rings is 1. The number of carbonyl (C=O) groups excluding carboxylic acids is 1. The Balaban J connectivity index is 2.94. The summed E-state index contributed by atoms with van der Waals surface area (Å²) < 4.78 is 18.2. The van der Waals surface area contributed by atoms with Crippen LogP contribution in [-0.4, -0.2) is 12.5 Å². The number of rotatable bonds is 3. The van der Waals surface area contributed by atoms with Crippen LogP contribution in [0.5, 0.6) is 5.75 Å². The maximum atomic E-state index is 13.2. The van der Waals surface area contributed by atoms with Crippen molar-refractivity contribution in [2.75, 3.05) is 6.61 Å². The molecule has 0 heterocycles. The van der Waals surface area contributed by atoms with Gasteiger partial charge in [0.25, 0.3) is 5.91 Å². The minimum Gasteiger partial charge on any atom is -0.491 e. The summed E-state index contributed by atoms with van der Waals surface area (Å²) in [7, 11) is 0. The first-order valence-electron chi connectivity index (χ1n) is 4.12. The van der Waals surface area contributed by atoms with Gasteiger partial charge in [-0.05, 0) is 25.1 Å². The molecule has 0 fully saturated rings. The molecule has 1 amide bonds. The highest BCUT2D eigenvalue weighted by atomic mass is 19.1. The number of amides is 1. The van der Waals surface area contributed by atoms with Crippen LogP contribution in [0.25, 0.3) is 0 Å². The number of ether oxygens (including phenoxy) is 1. The van der Waals surface area contributed by atoms with Gasteiger partial charge in [-0.3, -0.25) is 10.2 Å². The molecule has 0 aromatic heterocycles. The van der Waals surface area contributed by atoms with Gasteiger partial charge < -0.3 is 4.74 Å². The highest BCUT2D eigenvalue weighted by Crippen LogP contribution is 2.17. The summed E-state index contributed by atoms with van der Waals surface area (Å²) in [6, 6.07) is 3.91. The van der Waals surface area contributed by atoms with Crippen LogP contribution in [0.4, 0.5) is 4.39 Å². The molecule has 0 bridgehead atoms. The minimum absolute atomic E-state index is 0.126. The van der Waals surface area contributed by atoms with Crippen LogP contribution in [-0.2, 0) is 0 Å². The zero-order valence-electron chi connectivity index (χ0n) is 7.71. The van der Waals surface area contributed by atoms with Crippen molar-refractivity contribution in [2.24, 2.45) is 5.84 Å². The molecule has 1 rings (SSSR count). The average Bonchev–Trinajstić information content (AvgIpc) is 2.20. The molecule has 0 radical (unpaired) electrons. The van der Waals surface area contributed by atoms with Gasteiger partial charge in [0.15, 0.2) is 11.6 Å². The number of hydrogen-bond donors (Lipinski definition) is 2. The van der Waals surface area contributed by atoms with Crippen LogP contribution in [0.2, 0.25) is 0 Å². The fourth-order valence-corrected chi connectivity index (χ4v) is 0.998. The molecule has 5 heteroatoms. The van der Waals surface area contributed by atoms with Crippen molar-refractivity contribution in [1.82, 2.24) is 5.43 Å². The molecule has 0 aliphatic rings. The van der Waals surface area contributed by atoms with Crippen molar-refractivity contribution in [3.8, 4) is 5.75 Å². The van der Waals surface area contributed by atoms with Crippen molar-refractivity contribution in [1.29, 1.82) is 0 Å². The van der Waals surface area contributed by atoms with Crippen molar-refractivity contribution in [3.05, 3.63) is 29.6 Å². The average molecular weight is 198 g/mol. The first-order chi connectivity index (χ1) is 6.69. The molecule has 0 spiro atoms. The molecule has 1 aromatic rings. The largest absolute Gasteiger partial charge is 0.491 e. The maximum absolute atomic E-state index is 13.2. The summed E-state index contributed by atoms with van der Waals surface area (Å²) in [5.74, 6) is 3.91. The third-order valence-corrected chi connectivity index (χ3v) is 1.63. The second-order valence-electron chi connectivity index (χ2n) is 2.55. The SMILES string of the molecule is CCOc1ccc(C(=O)NN)cc1F. The van der Waals surface area contributed by atoms with Crippen LogP contribution in [0, 0.1) is 5.82 Å². The highest BCUT2D eigenvalue weighted by Gasteiger charge is 2.08. The summed E-state index contributed by atoms with van der Waals surface area (Å²) in [5, 5.41) is 0. The van der Waals surface area contributed by atoms with E-state index < -0.39 is 11.7 Å². The predicted molar refractivity (Wildman–Crippen MR) is 49.2 cm³/mol. The normalized spacial score (nSPS) is 9.64. The molecular weight excluding hydrogens is 187 g/mol. The molecular formula is C9H11FN2O2. The van der Waals surface area contributed by atoms with E-state index in [2.05, 4.69) is 0 Å². The van der Waals surface area contributed by atoms with Crippen LogP contribution < -0.4 is 16.0 Å². The van der Waals surface area contributed by atoms with Crippen molar-refractivity contribution in [2.45, 2.75) is 6.92 Å². The molecule has 0 saturated carbocycles. The molecule has 0 unspecified atom stereocenters. The molecule has 4 nitrogen and oxygen atoms in total. The summed E-state index contributed by atoms with van der Waals surface area (Å²) in [6.07, 6.45) is 0. The Bertz CT molecular complexity index is 342. The summed E-state index contributed by atoms with van der Waals surface area (Å²) >= 11 is 0. The number of hydrazine groups is 1. The lowest BCUT2D eigenvalue weighted by Crippen LogP contribution is -2.30. The van der Waals surface area contributed by atoms with Crippen molar-refractivity contribution >= 4 is 5.91 Å². The standard InChI is InChI=1S/C9H11FN2O2/c1-2-14-8-4-3-6(5-7(8)10)9(13)12-11/h3-5H,2,11H2,1H3,(H,12,13). The monoisotopic (exact) mass is 198 g/mol. The van der Waals surface area contributed by atoms with Gasteiger partial charge in [-0.1, -0.05) is 0 Å². The van der Waals surface area contributed by atoms with E-state index in [9.17, 15) is 9.18 Å². The van der Waals surface area contributed by atoms with E-state index in [-0.39, 0.29) is 11.3 Å². The Hall–Kier alpha value is -1.62. The van der Waals surface area contributed by atoms with E-state index in [1.807, 2.05) is 5.43 Å².